The van der Waals surface area contributed by atoms with Gasteiger partial charge in [-0.25, -0.2) is 0 Å². The molecule has 32 heavy (non-hydrogen) atoms. The number of amides is 2. The third kappa shape index (κ3) is 4.79. The molecule has 3 aromatic rings. The maximum atomic E-state index is 13.6. The minimum Gasteiger partial charge on any atom is -0.459 e. The van der Waals surface area contributed by atoms with E-state index < -0.39 is 0 Å². The highest BCUT2D eigenvalue weighted by Gasteiger charge is 2.34. The van der Waals surface area contributed by atoms with Gasteiger partial charge in [-0.3, -0.25) is 9.59 Å². The van der Waals surface area contributed by atoms with Crippen molar-refractivity contribution >= 4 is 23.2 Å². The number of ether oxygens (including phenoxy) is 1. The smallest absolute Gasteiger partial charge is 0.290 e. The number of carbonyl (C=O) groups is 2. The predicted molar refractivity (Wildman–Crippen MR) is 124 cm³/mol. The molecule has 2 amide bonds. The fourth-order valence-electron chi connectivity index (χ4n) is 4.16. The number of rotatable bonds is 8. The molecule has 3 heterocycles. The summed E-state index contributed by atoms with van der Waals surface area (Å²) in [7, 11) is 1.63. The molecule has 1 unspecified atom stereocenters. The Morgan fingerprint density at radius 1 is 1.22 bits per heavy atom. The van der Waals surface area contributed by atoms with Crippen LogP contribution in [0.3, 0.4) is 0 Å². The lowest BCUT2D eigenvalue weighted by molar-refractivity contribution is -0.134. The summed E-state index contributed by atoms with van der Waals surface area (Å²) in [6.07, 6.45) is 2.95. The number of aryl methyl sites for hydroxylation is 1. The first-order valence-corrected chi connectivity index (χ1v) is 11.7. The van der Waals surface area contributed by atoms with Gasteiger partial charge in [-0.05, 0) is 54.5 Å². The van der Waals surface area contributed by atoms with Crippen LogP contribution < -0.4 is 0 Å². The van der Waals surface area contributed by atoms with Crippen LogP contribution in [0.15, 0.2) is 58.5 Å². The van der Waals surface area contributed by atoms with Crippen molar-refractivity contribution in [1.82, 2.24) is 9.80 Å². The molecular formula is C25H28N2O4S. The minimum absolute atomic E-state index is 0.00504. The highest BCUT2D eigenvalue weighted by atomic mass is 32.1. The molecule has 4 rings (SSSR count). The number of fused-ring (bicyclic) bond motifs is 1. The van der Waals surface area contributed by atoms with Gasteiger partial charge in [0.05, 0.1) is 12.3 Å². The van der Waals surface area contributed by atoms with Crippen molar-refractivity contribution in [3.8, 4) is 0 Å². The van der Waals surface area contributed by atoms with Gasteiger partial charge in [0.25, 0.3) is 5.91 Å². The average Bonchev–Trinajstić information content (AvgIpc) is 3.50. The molecule has 7 heteroatoms. The number of hydrogen-bond acceptors (Lipinski definition) is 5. The van der Waals surface area contributed by atoms with Crippen LogP contribution in [0.5, 0.6) is 0 Å². The van der Waals surface area contributed by atoms with E-state index in [0.717, 1.165) is 12.0 Å². The third-order valence-corrected chi connectivity index (χ3v) is 6.80. The number of furan rings is 1. The summed E-state index contributed by atoms with van der Waals surface area (Å²) in [5.74, 6) is -0.103. The monoisotopic (exact) mass is 452 g/mol. The Labute approximate surface area is 192 Å². The van der Waals surface area contributed by atoms with Crippen LogP contribution in [-0.4, -0.2) is 55.0 Å². The molecule has 0 saturated heterocycles. The molecule has 0 N–H and O–H groups in total. The summed E-state index contributed by atoms with van der Waals surface area (Å²) in [5, 5.41) is 2.09. The molecule has 1 aliphatic rings. The van der Waals surface area contributed by atoms with Gasteiger partial charge in [-0.2, -0.15) is 0 Å². The second kappa shape index (κ2) is 10.1. The lowest BCUT2D eigenvalue weighted by Gasteiger charge is -2.37. The van der Waals surface area contributed by atoms with E-state index in [4.69, 9.17) is 9.15 Å². The maximum Gasteiger partial charge on any atom is 0.290 e. The number of hydrogen-bond donors (Lipinski definition) is 0. The Bertz CT molecular complexity index is 1040. The van der Waals surface area contributed by atoms with Crippen molar-refractivity contribution in [3.05, 3.63) is 81.4 Å². The lowest BCUT2D eigenvalue weighted by atomic mass is 9.92. The van der Waals surface area contributed by atoms with Crippen LogP contribution in [0.25, 0.3) is 0 Å². The number of thiophene rings is 1. The fraction of sp³-hybridized carbons (Fsp3) is 0.360. The first-order chi connectivity index (χ1) is 15.6. The molecule has 0 aliphatic carbocycles. The topological polar surface area (TPSA) is 63.0 Å². The van der Waals surface area contributed by atoms with E-state index in [1.165, 1.54) is 22.3 Å². The Morgan fingerprint density at radius 2 is 2.03 bits per heavy atom. The molecular weight excluding hydrogens is 424 g/mol. The molecule has 2 aromatic heterocycles. The van der Waals surface area contributed by atoms with Gasteiger partial charge in [0, 0.05) is 31.7 Å². The molecule has 0 saturated carbocycles. The van der Waals surface area contributed by atoms with E-state index >= 15 is 0 Å². The standard InChI is InChI=1S/C25H28N2O4S/c1-18-6-8-19(9-7-18)24-20-11-16-32-22(20)10-13-27(24)23(28)17-26(12-4-14-30-2)25(29)21-5-3-15-31-21/h3,5-9,11,15-16,24H,4,10,12-14,17H2,1-2H3. The van der Waals surface area contributed by atoms with Gasteiger partial charge >= 0.3 is 0 Å². The summed E-state index contributed by atoms with van der Waals surface area (Å²) in [6, 6.07) is 13.6. The number of carbonyl (C=O) groups excluding carboxylic acids is 2. The van der Waals surface area contributed by atoms with Crippen LogP contribution in [-0.2, 0) is 16.0 Å². The molecule has 0 spiro atoms. The summed E-state index contributed by atoms with van der Waals surface area (Å²) in [5.41, 5.74) is 3.45. The van der Waals surface area contributed by atoms with E-state index in [0.29, 0.717) is 26.1 Å². The van der Waals surface area contributed by atoms with Crippen LogP contribution in [0.4, 0.5) is 0 Å². The van der Waals surface area contributed by atoms with Gasteiger partial charge in [0.1, 0.15) is 6.54 Å². The molecule has 1 aliphatic heterocycles. The van der Waals surface area contributed by atoms with Gasteiger partial charge in [-0.15, -0.1) is 11.3 Å². The quantitative estimate of drug-likeness (QED) is 0.478. The highest BCUT2D eigenvalue weighted by molar-refractivity contribution is 7.10. The van der Waals surface area contributed by atoms with E-state index in [1.807, 2.05) is 4.90 Å². The Balaban J connectivity index is 1.58. The summed E-state index contributed by atoms with van der Waals surface area (Å²) < 4.78 is 10.4. The molecule has 1 aromatic carbocycles. The summed E-state index contributed by atoms with van der Waals surface area (Å²) in [4.78, 5) is 31.4. The van der Waals surface area contributed by atoms with Crippen molar-refractivity contribution in [2.24, 2.45) is 0 Å². The van der Waals surface area contributed by atoms with Crippen LogP contribution in [0.2, 0.25) is 0 Å². The van der Waals surface area contributed by atoms with E-state index in [2.05, 4.69) is 42.6 Å². The normalized spacial score (nSPS) is 15.4. The second-order valence-electron chi connectivity index (χ2n) is 8.00. The lowest BCUT2D eigenvalue weighted by Crippen LogP contribution is -2.47. The molecule has 0 radical (unpaired) electrons. The Kier molecular flexibility index (Phi) is 7.07. The van der Waals surface area contributed by atoms with E-state index in [1.54, 1.807) is 35.5 Å². The first-order valence-electron chi connectivity index (χ1n) is 10.8. The third-order valence-electron chi connectivity index (χ3n) is 5.80. The average molecular weight is 453 g/mol. The summed E-state index contributed by atoms with van der Waals surface area (Å²) >= 11 is 1.74. The van der Waals surface area contributed by atoms with Crippen LogP contribution in [0.1, 0.15) is 44.6 Å². The van der Waals surface area contributed by atoms with Crippen LogP contribution >= 0.6 is 11.3 Å². The van der Waals surface area contributed by atoms with Crippen molar-refractivity contribution in [2.75, 3.05) is 33.4 Å². The van der Waals surface area contributed by atoms with Gasteiger partial charge in [0.2, 0.25) is 5.91 Å². The second-order valence-corrected chi connectivity index (χ2v) is 9.00. The van der Waals surface area contributed by atoms with Gasteiger partial charge in [-0.1, -0.05) is 29.8 Å². The fourth-order valence-corrected chi connectivity index (χ4v) is 5.06. The number of methoxy groups -OCH3 is 1. The molecule has 168 valence electrons. The summed E-state index contributed by atoms with van der Waals surface area (Å²) in [6.45, 7) is 3.63. The van der Waals surface area contributed by atoms with E-state index in [-0.39, 0.29) is 30.2 Å². The highest BCUT2D eigenvalue weighted by Crippen LogP contribution is 2.38. The zero-order chi connectivity index (χ0) is 22.5. The van der Waals surface area contributed by atoms with Crippen molar-refractivity contribution < 1.29 is 18.7 Å². The van der Waals surface area contributed by atoms with Gasteiger partial charge in [0.15, 0.2) is 5.76 Å². The Hall–Kier alpha value is -2.90. The first kappa shape index (κ1) is 22.3. The van der Waals surface area contributed by atoms with Crippen molar-refractivity contribution in [3.63, 3.8) is 0 Å². The SMILES string of the molecule is COCCCN(CC(=O)N1CCc2sccc2C1c1ccc(C)cc1)C(=O)c1ccco1. The largest absolute Gasteiger partial charge is 0.459 e. The predicted octanol–water partition coefficient (Wildman–Crippen LogP) is 4.30. The molecule has 6 nitrogen and oxygen atoms in total. The molecule has 1 atom stereocenters. The maximum absolute atomic E-state index is 13.6. The van der Waals surface area contributed by atoms with Crippen molar-refractivity contribution in [1.29, 1.82) is 0 Å². The number of benzene rings is 1. The van der Waals surface area contributed by atoms with Gasteiger partial charge < -0.3 is 19.0 Å². The minimum atomic E-state index is -0.278. The molecule has 0 bridgehead atoms. The zero-order valence-corrected chi connectivity index (χ0v) is 19.3. The van der Waals surface area contributed by atoms with Crippen molar-refractivity contribution in [2.45, 2.75) is 25.8 Å². The number of nitrogens with zero attached hydrogens (tertiary/aromatic N) is 2. The molecule has 0 fully saturated rings. The Morgan fingerprint density at radius 3 is 2.75 bits per heavy atom. The van der Waals surface area contributed by atoms with E-state index in [9.17, 15) is 9.59 Å². The zero-order valence-electron chi connectivity index (χ0n) is 18.5. The van der Waals surface area contributed by atoms with Crippen LogP contribution in [0, 0.1) is 6.92 Å².